The van der Waals surface area contributed by atoms with E-state index in [1.807, 2.05) is 54.6 Å². The second-order valence-corrected chi connectivity index (χ2v) is 7.51. The molecule has 0 atom stereocenters. The van der Waals surface area contributed by atoms with Crippen molar-refractivity contribution in [2.75, 3.05) is 5.32 Å². The lowest BCUT2D eigenvalue weighted by Crippen LogP contribution is -2.21. The third kappa shape index (κ3) is 3.72. The molecule has 0 fully saturated rings. The third-order valence-corrected chi connectivity index (χ3v) is 5.45. The van der Waals surface area contributed by atoms with E-state index in [1.54, 1.807) is 0 Å². The standard InChI is InChI=1S/C26H23N3O/c27-26(29-24-15-14-20-13-12-19-8-4-11-23(24)25(19)20)28-21-9-5-10-22(16-21)30-17-18-6-2-1-3-7-18/h1-11,14-16H,12-13,17H2,(H3,27,28,29). The van der Waals surface area contributed by atoms with Gasteiger partial charge in [0.25, 0.3) is 0 Å². The van der Waals surface area contributed by atoms with Gasteiger partial charge in [0.2, 0.25) is 0 Å². The lowest BCUT2D eigenvalue weighted by molar-refractivity contribution is 0.306. The molecule has 0 aromatic heterocycles. The SMILES string of the molecule is NC(=Nc1ccc2c3c(cccc13)CC2)Nc1cccc(OCc2ccccc2)c1. The highest BCUT2D eigenvalue weighted by atomic mass is 16.5. The molecule has 4 heteroatoms. The summed E-state index contributed by atoms with van der Waals surface area (Å²) in [6.07, 6.45) is 2.20. The van der Waals surface area contributed by atoms with Gasteiger partial charge in [-0.05, 0) is 53.1 Å². The van der Waals surface area contributed by atoms with Crippen LogP contribution in [0, 0.1) is 0 Å². The molecule has 0 radical (unpaired) electrons. The van der Waals surface area contributed by atoms with Crippen molar-refractivity contribution in [1.29, 1.82) is 0 Å². The van der Waals surface area contributed by atoms with Gasteiger partial charge in [-0.25, -0.2) is 4.99 Å². The summed E-state index contributed by atoms with van der Waals surface area (Å²) in [5.41, 5.74) is 11.9. The molecule has 30 heavy (non-hydrogen) atoms. The Bertz CT molecular complexity index is 1220. The van der Waals surface area contributed by atoms with Crippen molar-refractivity contribution in [3.8, 4) is 5.75 Å². The van der Waals surface area contributed by atoms with E-state index in [0.717, 1.165) is 40.9 Å². The lowest BCUT2D eigenvalue weighted by atomic mass is 10.0. The maximum Gasteiger partial charge on any atom is 0.198 e. The van der Waals surface area contributed by atoms with Crippen molar-refractivity contribution in [1.82, 2.24) is 0 Å². The lowest BCUT2D eigenvalue weighted by Gasteiger charge is -2.10. The molecular formula is C26H23N3O. The van der Waals surface area contributed by atoms with E-state index >= 15 is 0 Å². The van der Waals surface area contributed by atoms with Gasteiger partial charge in [0.15, 0.2) is 5.96 Å². The van der Waals surface area contributed by atoms with Crippen LogP contribution in [0.3, 0.4) is 0 Å². The molecule has 4 aromatic carbocycles. The average Bonchev–Trinajstić information content (AvgIpc) is 3.20. The second kappa shape index (κ2) is 7.91. The number of anilines is 1. The maximum atomic E-state index is 6.23. The van der Waals surface area contributed by atoms with E-state index in [2.05, 4.69) is 40.6 Å². The van der Waals surface area contributed by atoms with Crippen LogP contribution < -0.4 is 15.8 Å². The number of guanidine groups is 1. The van der Waals surface area contributed by atoms with Crippen LogP contribution in [0.25, 0.3) is 10.8 Å². The van der Waals surface area contributed by atoms with Crippen molar-refractivity contribution >= 4 is 28.1 Å². The Kier molecular flexibility index (Phi) is 4.81. The van der Waals surface area contributed by atoms with Gasteiger partial charge in [0, 0.05) is 17.1 Å². The van der Waals surface area contributed by atoms with E-state index in [1.165, 1.54) is 16.5 Å². The predicted octanol–water partition coefficient (Wildman–Crippen LogP) is 5.58. The summed E-state index contributed by atoms with van der Waals surface area (Å²) in [7, 11) is 0. The minimum atomic E-state index is 0.355. The predicted molar refractivity (Wildman–Crippen MR) is 123 cm³/mol. The van der Waals surface area contributed by atoms with E-state index in [0.29, 0.717) is 12.6 Å². The molecule has 0 bridgehead atoms. The topological polar surface area (TPSA) is 59.6 Å². The number of hydrogen-bond acceptors (Lipinski definition) is 2. The normalized spacial score (nSPS) is 12.9. The molecule has 0 saturated carbocycles. The minimum absolute atomic E-state index is 0.355. The smallest absolute Gasteiger partial charge is 0.198 e. The van der Waals surface area contributed by atoms with Gasteiger partial charge in [-0.15, -0.1) is 0 Å². The Morgan fingerprint density at radius 1 is 0.867 bits per heavy atom. The fourth-order valence-electron chi connectivity index (χ4n) is 4.04. The Morgan fingerprint density at radius 3 is 2.53 bits per heavy atom. The molecule has 1 aliphatic rings. The highest BCUT2D eigenvalue weighted by molar-refractivity contribution is 6.02. The first-order chi connectivity index (χ1) is 14.8. The molecule has 0 saturated heterocycles. The molecule has 148 valence electrons. The van der Waals surface area contributed by atoms with Gasteiger partial charge in [0.05, 0.1) is 5.69 Å². The van der Waals surface area contributed by atoms with Crippen LogP contribution in [0.5, 0.6) is 5.75 Å². The van der Waals surface area contributed by atoms with Crippen molar-refractivity contribution < 1.29 is 4.74 Å². The van der Waals surface area contributed by atoms with Crippen LogP contribution in [-0.4, -0.2) is 5.96 Å². The van der Waals surface area contributed by atoms with Gasteiger partial charge in [-0.1, -0.05) is 60.7 Å². The fourth-order valence-corrected chi connectivity index (χ4v) is 4.04. The second-order valence-electron chi connectivity index (χ2n) is 7.51. The zero-order valence-electron chi connectivity index (χ0n) is 16.6. The quantitative estimate of drug-likeness (QED) is 0.344. The first kappa shape index (κ1) is 18.3. The number of nitrogens with zero attached hydrogens (tertiary/aromatic N) is 1. The molecule has 4 nitrogen and oxygen atoms in total. The van der Waals surface area contributed by atoms with Gasteiger partial charge in [-0.3, -0.25) is 0 Å². The Balaban J connectivity index is 1.34. The highest BCUT2D eigenvalue weighted by Crippen LogP contribution is 2.36. The number of rotatable bonds is 5. The van der Waals surface area contributed by atoms with Crippen LogP contribution in [-0.2, 0) is 19.4 Å². The number of aryl methyl sites for hydroxylation is 2. The minimum Gasteiger partial charge on any atom is -0.489 e. The molecule has 3 N–H and O–H groups in total. The van der Waals surface area contributed by atoms with E-state index in [4.69, 9.17) is 10.5 Å². The van der Waals surface area contributed by atoms with E-state index in [9.17, 15) is 0 Å². The molecule has 4 aromatic rings. The summed E-state index contributed by atoms with van der Waals surface area (Å²) in [6.45, 7) is 0.522. The van der Waals surface area contributed by atoms with Crippen LogP contribution in [0.4, 0.5) is 11.4 Å². The number of ether oxygens (including phenoxy) is 1. The Labute approximate surface area is 176 Å². The zero-order valence-corrected chi connectivity index (χ0v) is 16.6. The van der Waals surface area contributed by atoms with Gasteiger partial charge in [0.1, 0.15) is 12.4 Å². The number of hydrogen-bond donors (Lipinski definition) is 2. The first-order valence-corrected chi connectivity index (χ1v) is 10.2. The van der Waals surface area contributed by atoms with Gasteiger partial charge < -0.3 is 15.8 Å². The first-order valence-electron chi connectivity index (χ1n) is 10.2. The molecule has 1 aliphatic carbocycles. The van der Waals surface area contributed by atoms with E-state index < -0.39 is 0 Å². The van der Waals surface area contributed by atoms with Crippen molar-refractivity contribution in [3.63, 3.8) is 0 Å². The maximum absolute atomic E-state index is 6.23. The molecule has 5 rings (SSSR count). The monoisotopic (exact) mass is 393 g/mol. The molecule has 0 heterocycles. The summed E-state index contributed by atoms with van der Waals surface area (Å²) in [6, 6.07) is 28.5. The average molecular weight is 393 g/mol. The van der Waals surface area contributed by atoms with Crippen LogP contribution in [0.1, 0.15) is 16.7 Å². The molecule has 0 amide bonds. The molecule has 0 spiro atoms. The number of nitrogens with one attached hydrogen (secondary N) is 1. The summed E-state index contributed by atoms with van der Waals surface area (Å²) in [5.74, 6) is 1.14. The van der Waals surface area contributed by atoms with Crippen LogP contribution >= 0.6 is 0 Å². The van der Waals surface area contributed by atoms with Crippen molar-refractivity contribution in [2.24, 2.45) is 10.7 Å². The zero-order chi connectivity index (χ0) is 20.3. The number of benzene rings is 4. The van der Waals surface area contributed by atoms with Crippen LogP contribution in [0.2, 0.25) is 0 Å². The van der Waals surface area contributed by atoms with Crippen LogP contribution in [0.15, 0.2) is 89.9 Å². The highest BCUT2D eigenvalue weighted by Gasteiger charge is 2.15. The van der Waals surface area contributed by atoms with E-state index in [-0.39, 0.29) is 0 Å². The largest absolute Gasteiger partial charge is 0.489 e. The molecule has 0 aliphatic heterocycles. The summed E-state index contributed by atoms with van der Waals surface area (Å²) < 4.78 is 5.90. The third-order valence-electron chi connectivity index (χ3n) is 5.45. The van der Waals surface area contributed by atoms with Crippen molar-refractivity contribution in [3.05, 3.63) is 102 Å². The van der Waals surface area contributed by atoms with Gasteiger partial charge >= 0.3 is 0 Å². The van der Waals surface area contributed by atoms with Crippen molar-refractivity contribution in [2.45, 2.75) is 19.4 Å². The summed E-state index contributed by atoms with van der Waals surface area (Å²) >= 11 is 0. The number of aliphatic imine (C=N–C) groups is 1. The van der Waals surface area contributed by atoms with Gasteiger partial charge in [-0.2, -0.15) is 0 Å². The summed E-state index contributed by atoms with van der Waals surface area (Å²) in [5, 5.41) is 5.68. The molecule has 0 unspecified atom stereocenters. The summed E-state index contributed by atoms with van der Waals surface area (Å²) in [4.78, 5) is 4.66. The Hall–Kier alpha value is -3.79. The Morgan fingerprint density at radius 2 is 1.67 bits per heavy atom. The number of nitrogens with two attached hydrogens (primary N) is 1. The fraction of sp³-hybridized carbons (Fsp3) is 0.115. The molecular weight excluding hydrogens is 370 g/mol.